The molecule has 0 N–H and O–H groups in total. The molecule has 0 spiro atoms. The number of nitrogens with zero attached hydrogens (tertiary/aromatic N) is 2. The van der Waals surface area contributed by atoms with E-state index in [1.54, 1.807) is 6.92 Å². The Hall–Kier alpha value is -1.79. The van der Waals surface area contributed by atoms with Gasteiger partial charge in [0.1, 0.15) is 6.54 Å². The van der Waals surface area contributed by atoms with Crippen LogP contribution in [0.4, 0.5) is 0 Å². The predicted octanol–water partition coefficient (Wildman–Crippen LogP) is 2.69. The molecule has 1 aliphatic heterocycles. The molecule has 0 atom stereocenters. The fraction of sp³-hybridized carbons (Fsp3) is 0.286. The molecule has 0 aromatic heterocycles. The van der Waals surface area contributed by atoms with Crippen LogP contribution in [-0.2, 0) is 4.79 Å². The van der Waals surface area contributed by atoms with Gasteiger partial charge in [-0.25, -0.2) is 5.01 Å². The molecule has 3 nitrogen and oxygen atoms in total. The lowest BCUT2D eigenvalue weighted by molar-refractivity contribution is -0.131. The Kier molecular flexibility index (Phi) is 4.01. The van der Waals surface area contributed by atoms with E-state index in [4.69, 9.17) is 11.6 Å². The standard InChI is InChI=1S/C14H13ClN2O/c1-2-3-9-17-14(18)8-7-13(16-17)11-5-4-6-12(15)10-11/h4-6,10H,7-9H2,1H3. The molecule has 0 aliphatic carbocycles. The molecule has 1 amide bonds. The molecule has 0 saturated carbocycles. The number of hydrogen-bond donors (Lipinski definition) is 0. The van der Waals surface area contributed by atoms with Gasteiger partial charge in [-0.3, -0.25) is 4.79 Å². The van der Waals surface area contributed by atoms with Gasteiger partial charge in [-0.2, -0.15) is 5.10 Å². The summed E-state index contributed by atoms with van der Waals surface area (Å²) in [7, 11) is 0. The highest BCUT2D eigenvalue weighted by Gasteiger charge is 2.20. The number of carbonyl (C=O) groups excluding carboxylic acids is 1. The van der Waals surface area contributed by atoms with Gasteiger partial charge in [0.15, 0.2) is 0 Å². The van der Waals surface area contributed by atoms with E-state index in [0.717, 1.165) is 11.3 Å². The molecule has 1 heterocycles. The van der Waals surface area contributed by atoms with E-state index in [-0.39, 0.29) is 5.91 Å². The lowest BCUT2D eigenvalue weighted by Gasteiger charge is -2.21. The second-order valence-electron chi connectivity index (χ2n) is 3.94. The first kappa shape index (κ1) is 12.7. The minimum atomic E-state index is 0.0172. The molecule has 4 heteroatoms. The van der Waals surface area contributed by atoms with E-state index in [1.807, 2.05) is 24.3 Å². The van der Waals surface area contributed by atoms with E-state index >= 15 is 0 Å². The lowest BCUT2D eigenvalue weighted by atomic mass is 10.0. The summed E-state index contributed by atoms with van der Waals surface area (Å²) in [5, 5.41) is 6.45. The Morgan fingerprint density at radius 1 is 1.44 bits per heavy atom. The first-order valence-electron chi connectivity index (χ1n) is 5.74. The van der Waals surface area contributed by atoms with Gasteiger partial charge in [-0.1, -0.05) is 29.7 Å². The molecule has 92 valence electrons. The van der Waals surface area contributed by atoms with Crippen LogP contribution in [0.3, 0.4) is 0 Å². The van der Waals surface area contributed by atoms with Crippen molar-refractivity contribution < 1.29 is 4.79 Å². The Labute approximate surface area is 111 Å². The van der Waals surface area contributed by atoms with Gasteiger partial charge in [0.25, 0.3) is 0 Å². The summed E-state index contributed by atoms with van der Waals surface area (Å²) in [4.78, 5) is 11.7. The molecule has 1 aliphatic rings. The van der Waals surface area contributed by atoms with Gasteiger partial charge in [-0.05, 0) is 24.6 Å². The SMILES string of the molecule is CC#CCN1N=C(c2cccc(Cl)c2)CCC1=O. The zero-order chi connectivity index (χ0) is 13.0. The summed E-state index contributed by atoms with van der Waals surface area (Å²) in [5.74, 6) is 5.64. The van der Waals surface area contributed by atoms with Crippen LogP contribution in [0.1, 0.15) is 25.3 Å². The van der Waals surface area contributed by atoms with Crippen molar-refractivity contribution in [2.45, 2.75) is 19.8 Å². The van der Waals surface area contributed by atoms with Crippen molar-refractivity contribution in [3.63, 3.8) is 0 Å². The topological polar surface area (TPSA) is 32.7 Å². The molecule has 0 unspecified atom stereocenters. The normalized spacial score (nSPS) is 14.9. The minimum Gasteiger partial charge on any atom is -0.273 e. The van der Waals surface area contributed by atoms with E-state index in [9.17, 15) is 4.79 Å². The van der Waals surface area contributed by atoms with Crippen molar-refractivity contribution in [3.8, 4) is 11.8 Å². The maximum Gasteiger partial charge on any atom is 0.243 e. The maximum atomic E-state index is 11.7. The Bertz CT molecular complexity index is 554. The van der Waals surface area contributed by atoms with Gasteiger partial charge in [-0.15, -0.1) is 5.92 Å². The molecule has 0 radical (unpaired) electrons. The number of carbonyl (C=O) groups is 1. The van der Waals surface area contributed by atoms with Crippen molar-refractivity contribution in [1.82, 2.24) is 5.01 Å². The highest BCUT2D eigenvalue weighted by Crippen LogP contribution is 2.18. The van der Waals surface area contributed by atoms with Gasteiger partial charge in [0, 0.05) is 17.9 Å². The average molecular weight is 261 g/mol. The molecule has 2 rings (SSSR count). The van der Waals surface area contributed by atoms with Crippen LogP contribution >= 0.6 is 11.6 Å². The molecule has 0 bridgehead atoms. The van der Waals surface area contributed by atoms with Gasteiger partial charge in [0.2, 0.25) is 5.91 Å². The maximum absolute atomic E-state index is 11.7. The van der Waals surface area contributed by atoms with Crippen molar-refractivity contribution in [1.29, 1.82) is 0 Å². The van der Waals surface area contributed by atoms with Crippen LogP contribution in [0.5, 0.6) is 0 Å². The van der Waals surface area contributed by atoms with Crippen molar-refractivity contribution in [2.75, 3.05) is 6.54 Å². The fourth-order valence-corrected chi connectivity index (χ4v) is 1.94. The summed E-state index contributed by atoms with van der Waals surface area (Å²) < 4.78 is 0. The van der Waals surface area contributed by atoms with E-state index in [0.29, 0.717) is 24.4 Å². The third-order valence-electron chi connectivity index (χ3n) is 2.67. The molecule has 0 fully saturated rings. The van der Waals surface area contributed by atoms with Crippen LogP contribution in [-0.4, -0.2) is 23.2 Å². The Morgan fingerprint density at radius 3 is 3.00 bits per heavy atom. The van der Waals surface area contributed by atoms with Crippen LogP contribution < -0.4 is 0 Å². The summed E-state index contributed by atoms with van der Waals surface area (Å²) in [6.45, 7) is 2.09. The van der Waals surface area contributed by atoms with Crippen molar-refractivity contribution >= 4 is 23.2 Å². The number of amides is 1. The minimum absolute atomic E-state index is 0.0172. The zero-order valence-corrected chi connectivity index (χ0v) is 10.9. The smallest absolute Gasteiger partial charge is 0.243 e. The number of benzene rings is 1. The Balaban J connectivity index is 2.27. The third kappa shape index (κ3) is 2.91. The van der Waals surface area contributed by atoms with Gasteiger partial charge < -0.3 is 0 Å². The number of hydrogen-bond acceptors (Lipinski definition) is 2. The molecule has 0 saturated heterocycles. The van der Waals surface area contributed by atoms with E-state index in [1.165, 1.54) is 5.01 Å². The van der Waals surface area contributed by atoms with Gasteiger partial charge in [0.05, 0.1) is 5.71 Å². The van der Waals surface area contributed by atoms with Crippen molar-refractivity contribution in [2.24, 2.45) is 5.10 Å². The second kappa shape index (κ2) is 5.70. The zero-order valence-electron chi connectivity index (χ0n) is 10.1. The second-order valence-corrected chi connectivity index (χ2v) is 4.37. The number of halogens is 1. The summed E-state index contributed by atoms with van der Waals surface area (Å²) in [6.07, 6.45) is 1.12. The van der Waals surface area contributed by atoms with Crippen molar-refractivity contribution in [3.05, 3.63) is 34.9 Å². The van der Waals surface area contributed by atoms with E-state index < -0.39 is 0 Å². The quantitative estimate of drug-likeness (QED) is 0.753. The third-order valence-corrected chi connectivity index (χ3v) is 2.90. The summed E-state index contributed by atoms with van der Waals surface area (Å²) >= 11 is 5.95. The average Bonchev–Trinajstić information content (AvgIpc) is 2.38. The lowest BCUT2D eigenvalue weighted by Crippen LogP contribution is -2.32. The number of hydrazone groups is 1. The largest absolute Gasteiger partial charge is 0.273 e. The number of rotatable bonds is 2. The first-order chi connectivity index (χ1) is 8.70. The van der Waals surface area contributed by atoms with Crippen LogP contribution in [0, 0.1) is 11.8 Å². The van der Waals surface area contributed by atoms with Crippen LogP contribution in [0.2, 0.25) is 5.02 Å². The summed E-state index contributed by atoms with van der Waals surface area (Å²) in [6, 6.07) is 7.51. The Morgan fingerprint density at radius 2 is 2.28 bits per heavy atom. The first-order valence-corrected chi connectivity index (χ1v) is 6.12. The molecular weight excluding hydrogens is 248 g/mol. The van der Waals surface area contributed by atoms with Crippen LogP contribution in [0.15, 0.2) is 29.4 Å². The highest BCUT2D eigenvalue weighted by atomic mass is 35.5. The van der Waals surface area contributed by atoms with E-state index in [2.05, 4.69) is 16.9 Å². The fourth-order valence-electron chi connectivity index (χ4n) is 1.75. The summed E-state index contributed by atoms with van der Waals surface area (Å²) in [5.41, 5.74) is 1.85. The molecule has 1 aromatic carbocycles. The predicted molar refractivity (Wildman–Crippen MR) is 72.4 cm³/mol. The monoisotopic (exact) mass is 260 g/mol. The highest BCUT2D eigenvalue weighted by molar-refractivity contribution is 6.31. The molecule has 1 aromatic rings. The van der Waals surface area contributed by atoms with Crippen LogP contribution in [0.25, 0.3) is 0 Å². The molecular formula is C14H13ClN2O. The van der Waals surface area contributed by atoms with Gasteiger partial charge >= 0.3 is 0 Å². The molecule has 18 heavy (non-hydrogen) atoms.